The van der Waals surface area contributed by atoms with Gasteiger partial charge in [-0.25, -0.2) is 0 Å². The van der Waals surface area contributed by atoms with Crippen LogP contribution in [0, 0.1) is 0 Å². The fourth-order valence-corrected chi connectivity index (χ4v) is 2.16. The summed E-state index contributed by atoms with van der Waals surface area (Å²) in [6.45, 7) is -0.543. The molecule has 8 nitrogen and oxygen atoms in total. The van der Waals surface area contributed by atoms with Gasteiger partial charge in [0, 0.05) is 6.07 Å². The summed E-state index contributed by atoms with van der Waals surface area (Å²) in [6, 6.07) is 4.35. The summed E-state index contributed by atoms with van der Waals surface area (Å²) in [5, 5.41) is 38.4. The Balaban J connectivity index is 2.17. The van der Waals surface area contributed by atoms with Crippen LogP contribution in [0.4, 0.5) is 0 Å². The van der Waals surface area contributed by atoms with Crippen LogP contribution in [0.5, 0.6) is 11.5 Å². The zero-order chi connectivity index (χ0) is 16.3. The summed E-state index contributed by atoms with van der Waals surface area (Å²) in [5.41, 5.74) is 0.323. The van der Waals surface area contributed by atoms with Crippen LogP contribution in [0.2, 0.25) is 0 Å². The molecule has 5 atom stereocenters. The average molecular weight is 314 g/mol. The summed E-state index contributed by atoms with van der Waals surface area (Å²) in [6.07, 6.45) is -6.20. The van der Waals surface area contributed by atoms with Crippen LogP contribution in [0.1, 0.15) is 10.4 Å². The van der Waals surface area contributed by atoms with Crippen molar-refractivity contribution in [2.45, 2.75) is 30.7 Å². The monoisotopic (exact) mass is 314 g/mol. The summed E-state index contributed by atoms with van der Waals surface area (Å²) in [7, 11) is 1.39. The van der Waals surface area contributed by atoms with E-state index in [4.69, 9.17) is 19.3 Å². The number of carbonyl (C=O) groups excluding carboxylic acids is 1. The predicted octanol–water partition coefficient (Wildman–Crippen LogP) is -1.31. The molecule has 1 aliphatic heterocycles. The Morgan fingerprint density at radius 3 is 2.55 bits per heavy atom. The van der Waals surface area contributed by atoms with Crippen molar-refractivity contribution in [3.8, 4) is 11.5 Å². The van der Waals surface area contributed by atoms with Gasteiger partial charge in [-0.05, 0) is 12.1 Å². The van der Waals surface area contributed by atoms with Gasteiger partial charge in [0.15, 0.2) is 6.29 Å². The van der Waals surface area contributed by atoms with E-state index in [1.54, 1.807) is 0 Å². The highest BCUT2D eigenvalue weighted by atomic mass is 16.7. The lowest BCUT2D eigenvalue weighted by Gasteiger charge is -2.39. The molecule has 0 amide bonds. The van der Waals surface area contributed by atoms with Gasteiger partial charge in [-0.2, -0.15) is 0 Å². The maximum atomic E-state index is 10.8. The van der Waals surface area contributed by atoms with Crippen LogP contribution < -0.4 is 9.47 Å². The molecule has 22 heavy (non-hydrogen) atoms. The summed E-state index contributed by atoms with van der Waals surface area (Å²) in [4.78, 5) is 10.8. The average Bonchev–Trinajstić information content (AvgIpc) is 2.55. The first kappa shape index (κ1) is 16.7. The van der Waals surface area contributed by atoms with E-state index in [9.17, 15) is 20.1 Å². The molecular weight excluding hydrogens is 296 g/mol. The summed E-state index contributed by atoms with van der Waals surface area (Å²) >= 11 is 0. The molecule has 0 saturated carbocycles. The molecule has 0 bridgehead atoms. The molecule has 0 unspecified atom stereocenters. The number of carbonyl (C=O) groups is 1. The van der Waals surface area contributed by atoms with Crippen molar-refractivity contribution in [2.24, 2.45) is 0 Å². The normalized spacial score (nSPS) is 31.6. The van der Waals surface area contributed by atoms with E-state index in [1.165, 1.54) is 25.3 Å². The Kier molecular flexibility index (Phi) is 5.33. The van der Waals surface area contributed by atoms with Crippen molar-refractivity contribution in [1.82, 2.24) is 0 Å². The third-order valence-corrected chi connectivity index (χ3v) is 3.43. The Labute approximate surface area is 126 Å². The summed E-state index contributed by atoms with van der Waals surface area (Å²) < 4.78 is 15.7. The van der Waals surface area contributed by atoms with Gasteiger partial charge in [0.2, 0.25) is 6.29 Å². The van der Waals surface area contributed by atoms with E-state index in [2.05, 4.69) is 0 Å². The molecule has 1 saturated heterocycles. The van der Waals surface area contributed by atoms with Gasteiger partial charge < -0.3 is 34.6 Å². The van der Waals surface area contributed by atoms with Gasteiger partial charge in [0.1, 0.15) is 35.9 Å². The minimum absolute atomic E-state index is 0.228. The largest absolute Gasteiger partial charge is 0.496 e. The van der Waals surface area contributed by atoms with Crippen LogP contribution in [-0.2, 0) is 4.74 Å². The van der Waals surface area contributed by atoms with E-state index < -0.39 is 37.3 Å². The van der Waals surface area contributed by atoms with Crippen LogP contribution in [0.3, 0.4) is 0 Å². The van der Waals surface area contributed by atoms with E-state index in [-0.39, 0.29) is 11.5 Å². The lowest BCUT2D eigenvalue weighted by Crippen LogP contribution is -2.60. The molecule has 1 aliphatic rings. The van der Waals surface area contributed by atoms with Crippen LogP contribution in [0.25, 0.3) is 0 Å². The molecule has 0 spiro atoms. The Morgan fingerprint density at radius 1 is 1.23 bits per heavy atom. The molecule has 1 heterocycles. The second kappa shape index (κ2) is 7.03. The van der Waals surface area contributed by atoms with Crippen molar-refractivity contribution in [3.05, 3.63) is 23.8 Å². The minimum Gasteiger partial charge on any atom is -0.496 e. The SMILES string of the molecule is COc1cc(O[C@H]2O[C@H](CO)[C@H](O)[C@H](O)[C@H]2O)ccc1C=O. The van der Waals surface area contributed by atoms with E-state index in [0.717, 1.165) is 0 Å². The van der Waals surface area contributed by atoms with Gasteiger partial charge in [-0.1, -0.05) is 0 Å². The Morgan fingerprint density at radius 2 is 1.95 bits per heavy atom. The van der Waals surface area contributed by atoms with Gasteiger partial charge in [-0.15, -0.1) is 0 Å². The van der Waals surface area contributed by atoms with Crippen LogP contribution >= 0.6 is 0 Å². The summed E-state index contributed by atoms with van der Waals surface area (Å²) in [5.74, 6) is 0.504. The number of aliphatic hydroxyl groups excluding tert-OH is 4. The van der Waals surface area contributed by atoms with Crippen LogP contribution in [-0.4, -0.2) is 71.1 Å². The van der Waals surface area contributed by atoms with Crippen molar-refractivity contribution in [1.29, 1.82) is 0 Å². The lowest BCUT2D eigenvalue weighted by atomic mass is 9.99. The highest BCUT2D eigenvalue weighted by Gasteiger charge is 2.44. The maximum Gasteiger partial charge on any atom is 0.229 e. The molecule has 8 heteroatoms. The second-order valence-corrected chi connectivity index (χ2v) is 4.84. The number of benzene rings is 1. The topological polar surface area (TPSA) is 126 Å². The number of hydrogen-bond donors (Lipinski definition) is 4. The fourth-order valence-electron chi connectivity index (χ4n) is 2.16. The van der Waals surface area contributed by atoms with E-state index in [1.807, 2.05) is 0 Å². The Hall–Kier alpha value is -1.71. The number of hydrogen-bond acceptors (Lipinski definition) is 8. The second-order valence-electron chi connectivity index (χ2n) is 4.84. The standard InChI is InChI=1S/C14H18O8/c1-20-9-4-8(3-2-7(9)5-15)21-14-13(19)12(18)11(17)10(6-16)22-14/h2-5,10-14,16-19H,6H2,1H3/t10-,11+,12+,13-,14+/m1/s1. The van der Waals surface area contributed by atoms with Gasteiger partial charge in [0.05, 0.1) is 19.3 Å². The fraction of sp³-hybridized carbons (Fsp3) is 0.500. The molecule has 0 radical (unpaired) electrons. The van der Waals surface area contributed by atoms with Crippen molar-refractivity contribution in [2.75, 3.05) is 13.7 Å². The maximum absolute atomic E-state index is 10.8. The number of aliphatic hydroxyl groups is 4. The third kappa shape index (κ3) is 3.21. The molecular formula is C14H18O8. The molecule has 0 aliphatic carbocycles. The van der Waals surface area contributed by atoms with E-state index in [0.29, 0.717) is 11.8 Å². The smallest absolute Gasteiger partial charge is 0.229 e. The first-order chi connectivity index (χ1) is 10.5. The lowest BCUT2D eigenvalue weighted by molar-refractivity contribution is -0.277. The third-order valence-electron chi connectivity index (χ3n) is 3.43. The number of ether oxygens (including phenoxy) is 3. The highest BCUT2D eigenvalue weighted by Crippen LogP contribution is 2.28. The number of methoxy groups -OCH3 is 1. The van der Waals surface area contributed by atoms with Crippen molar-refractivity contribution < 1.29 is 39.4 Å². The molecule has 122 valence electrons. The molecule has 1 aromatic carbocycles. The van der Waals surface area contributed by atoms with Gasteiger partial charge >= 0.3 is 0 Å². The highest BCUT2D eigenvalue weighted by molar-refractivity contribution is 5.79. The first-order valence-corrected chi connectivity index (χ1v) is 6.62. The van der Waals surface area contributed by atoms with Crippen LogP contribution in [0.15, 0.2) is 18.2 Å². The zero-order valence-corrected chi connectivity index (χ0v) is 11.8. The zero-order valence-electron chi connectivity index (χ0n) is 11.8. The number of aldehydes is 1. The van der Waals surface area contributed by atoms with Gasteiger partial charge in [-0.3, -0.25) is 4.79 Å². The van der Waals surface area contributed by atoms with E-state index >= 15 is 0 Å². The van der Waals surface area contributed by atoms with Crippen molar-refractivity contribution in [3.63, 3.8) is 0 Å². The number of rotatable bonds is 5. The molecule has 2 rings (SSSR count). The molecule has 0 aromatic heterocycles. The quantitative estimate of drug-likeness (QED) is 0.493. The van der Waals surface area contributed by atoms with Gasteiger partial charge in [0.25, 0.3) is 0 Å². The predicted molar refractivity (Wildman–Crippen MR) is 72.8 cm³/mol. The molecule has 4 N–H and O–H groups in total. The first-order valence-electron chi connectivity index (χ1n) is 6.62. The van der Waals surface area contributed by atoms with Crippen molar-refractivity contribution >= 4 is 6.29 Å². The Bertz CT molecular complexity index is 518. The molecule has 1 fully saturated rings. The molecule has 1 aromatic rings. The minimum atomic E-state index is -1.52.